The van der Waals surface area contributed by atoms with Crippen LogP contribution in [-0.2, 0) is 6.42 Å². The van der Waals surface area contributed by atoms with Crippen molar-refractivity contribution in [3.05, 3.63) is 61.6 Å². The summed E-state index contributed by atoms with van der Waals surface area (Å²) in [6.07, 6.45) is 0.706. The van der Waals surface area contributed by atoms with Crippen molar-refractivity contribution in [2.75, 3.05) is 6.54 Å². The molecule has 1 amide bonds. The Hall–Kier alpha value is -1.89. The predicted octanol–water partition coefficient (Wildman–Crippen LogP) is 4.22. The third kappa shape index (κ3) is 4.21. The van der Waals surface area contributed by atoms with Crippen LogP contribution in [0.3, 0.4) is 0 Å². The number of carbonyl (C=O) groups is 1. The molecule has 0 unspecified atom stereocenters. The van der Waals surface area contributed by atoms with Crippen LogP contribution in [-0.4, -0.2) is 27.2 Å². The summed E-state index contributed by atoms with van der Waals surface area (Å²) in [4.78, 5) is 17.9. The van der Waals surface area contributed by atoms with Gasteiger partial charge in [0.25, 0.3) is 5.91 Å². The zero-order chi connectivity index (χ0) is 18.0. The van der Waals surface area contributed by atoms with E-state index < -0.39 is 0 Å². The smallest absolute Gasteiger partial charge is 0.271 e. The normalized spacial score (nSPS) is 10.9. The second-order valence-electron chi connectivity index (χ2n) is 5.55. The largest absolute Gasteiger partial charge is 0.350 e. The van der Waals surface area contributed by atoms with Crippen LogP contribution < -0.4 is 5.32 Å². The molecule has 1 N–H and O–H groups in total. The Labute approximate surface area is 159 Å². The lowest BCUT2D eigenvalue weighted by molar-refractivity contribution is 0.0949. The lowest BCUT2D eigenvalue weighted by atomic mass is 10.3. The zero-order valence-corrected chi connectivity index (χ0v) is 16.0. The van der Waals surface area contributed by atoms with E-state index in [1.54, 1.807) is 16.8 Å². The van der Waals surface area contributed by atoms with Gasteiger partial charge in [-0.1, -0.05) is 23.2 Å². The molecule has 0 fully saturated rings. The minimum Gasteiger partial charge on any atom is -0.350 e. The lowest BCUT2D eigenvalue weighted by Crippen LogP contribution is -2.27. The van der Waals surface area contributed by atoms with Gasteiger partial charge in [-0.2, -0.15) is 5.10 Å². The van der Waals surface area contributed by atoms with Crippen molar-refractivity contribution in [1.82, 2.24) is 20.1 Å². The zero-order valence-electron chi connectivity index (χ0n) is 13.7. The number of pyridine rings is 1. The Morgan fingerprint density at radius 3 is 2.68 bits per heavy atom. The molecule has 130 valence electrons. The molecule has 0 aliphatic heterocycles. The summed E-state index contributed by atoms with van der Waals surface area (Å²) in [5.74, 6) is 0.251. The summed E-state index contributed by atoms with van der Waals surface area (Å²) in [5, 5.41) is 7.53. The number of thiophene rings is 1. The van der Waals surface area contributed by atoms with Crippen molar-refractivity contribution >= 4 is 40.4 Å². The Kier molecular flexibility index (Phi) is 5.42. The van der Waals surface area contributed by atoms with Crippen LogP contribution in [0, 0.1) is 13.8 Å². The molecule has 0 spiro atoms. The molecule has 3 aromatic rings. The highest BCUT2D eigenvalue weighted by molar-refractivity contribution is 7.16. The summed E-state index contributed by atoms with van der Waals surface area (Å²) >= 11 is 13.6. The van der Waals surface area contributed by atoms with Gasteiger partial charge < -0.3 is 5.32 Å². The first-order valence-corrected chi connectivity index (χ1v) is 9.24. The van der Waals surface area contributed by atoms with Crippen molar-refractivity contribution in [3.63, 3.8) is 0 Å². The average molecular weight is 395 g/mol. The summed E-state index contributed by atoms with van der Waals surface area (Å²) in [7, 11) is 0. The van der Waals surface area contributed by atoms with Crippen molar-refractivity contribution in [3.8, 4) is 5.82 Å². The van der Waals surface area contributed by atoms with E-state index in [1.165, 1.54) is 11.3 Å². The summed E-state index contributed by atoms with van der Waals surface area (Å²) < 4.78 is 2.43. The Balaban J connectivity index is 1.73. The first kappa shape index (κ1) is 17.9. The van der Waals surface area contributed by atoms with Crippen LogP contribution in [0.15, 0.2) is 30.3 Å². The molecule has 0 aliphatic carbocycles. The topological polar surface area (TPSA) is 59.8 Å². The molecule has 3 rings (SSSR count). The number of aryl methyl sites for hydroxylation is 2. The molecule has 8 heteroatoms. The van der Waals surface area contributed by atoms with Gasteiger partial charge in [0.05, 0.1) is 15.1 Å². The molecule has 5 nitrogen and oxygen atoms in total. The number of hydrogen-bond donors (Lipinski definition) is 1. The number of hydrogen-bond acceptors (Lipinski definition) is 4. The third-order valence-electron chi connectivity index (χ3n) is 3.56. The lowest BCUT2D eigenvalue weighted by Gasteiger charge is -2.09. The SMILES string of the molecule is Cc1cc(C)n(-c2ccc(Cl)c(C(=O)NCCc3ccc(Cl)s3)n2)n1. The molecular formula is C17H16Cl2N4OS. The maximum atomic E-state index is 12.4. The van der Waals surface area contributed by atoms with Gasteiger partial charge in [0, 0.05) is 17.1 Å². The molecule has 25 heavy (non-hydrogen) atoms. The number of halogens is 2. The Morgan fingerprint density at radius 1 is 1.24 bits per heavy atom. The van der Waals surface area contributed by atoms with Crippen LogP contribution in [0.25, 0.3) is 5.82 Å². The van der Waals surface area contributed by atoms with E-state index in [9.17, 15) is 4.79 Å². The first-order valence-electron chi connectivity index (χ1n) is 7.66. The van der Waals surface area contributed by atoms with Gasteiger partial charge in [-0.15, -0.1) is 11.3 Å². The highest BCUT2D eigenvalue weighted by Gasteiger charge is 2.15. The number of nitrogens with zero attached hydrogens (tertiary/aromatic N) is 3. The minimum absolute atomic E-state index is 0.191. The van der Waals surface area contributed by atoms with Gasteiger partial charge >= 0.3 is 0 Å². The van der Waals surface area contributed by atoms with Crippen molar-refractivity contribution in [2.24, 2.45) is 0 Å². The molecule has 0 aliphatic rings. The van der Waals surface area contributed by atoms with Gasteiger partial charge in [-0.3, -0.25) is 4.79 Å². The fraction of sp³-hybridized carbons (Fsp3) is 0.235. The minimum atomic E-state index is -0.309. The first-order chi connectivity index (χ1) is 11.9. The number of amides is 1. The fourth-order valence-electron chi connectivity index (χ4n) is 2.44. The van der Waals surface area contributed by atoms with E-state index in [4.69, 9.17) is 23.2 Å². The van der Waals surface area contributed by atoms with E-state index in [2.05, 4.69) is 15.4 Å². The predicted molar refractivity (Wildman–Crippen MR) is 101 cm³/mol. The Bertz CT molecular complexity index is 919. The van der Waals surface area contributed by atoms with Crippen LogP contribution >= 0.6 is 34.5 Å². The summed E-state index contributed by atoms with van der Waals surface area (Å²) in [6, 6.07) is 9.15. The maximum absolute atomic E-state index is 12.4. The number of carbonyl (C=O) groups excluding carboxylic acids is 1. The van der Waals surface area contributed by atoms with Crippen molar-refractivity contribution in [2.45, 2.75) is 20.3 Å². The molecular weight excluding hydrogens is 379 g/mol. The van der Waals surface area contributed by atoms with Crippen LogP contribution in [0.1, 0.15) is 26.8 Å². The average Bonchev–Trinajstić information content (AvgIpc) is 3.12. The number of rotatable bonds is 5. The molecule has 0 aromatic carbocycles. The van der Waals surface area contributed by atoms with Gasteiger partial charge in [0.1, 0.15) is 5.69 Å². The van der Waals surface area contributed by atoms with E-state index >= 15 is 0 Å². The standard InChI is InChI=1S/C17H16Cl2N4OS/c1-10-9-11(2)23(22-10)15-6-4-13(18)16(21-15)17(24)20-8-7-12-3-5-14(19)25-12/h3-6,9H,7-8H2,1-2H3,(H,20,24). The molecule has 0 radical (unpaired) electrons. The molecule has 0 atom stereocenters. The van der Waals surface area contributed by atoms with Crippen LogP contribution in [0.5, 0.6) is 0 Å². The summed E-state index contributed by atoms with van der Waals surface area (Å²) in [6.45, 7) is 4.32. The molecule has 3 aromatic heterocycles. The van der Waals surface area contributed by atoms with E-state index in [-0.39, 0.29) is 11.6 Å². The van der Waals surface area contributed by atoms with Crippen LogP contribution in [0.4, 0.5) is 0 Å². The maximum Gasteiger partial charge on any atom is 0.271 e. The Morgan fingerprint density at radius 2 is 2.04 bits per heavy atom. The number of nitrogens with one attached hydrogen (secondary N) is 1. The van der Waals surface area contributed by atoms with E-state index in [0.29, 0.717) is 23.8 Å². The molecule has 3 heterocycles. The van der Waals surface area contributed by atoms with E-state index in [1.807, 2.05) is 32.0 Å². The second-order valence-corrected chi connectivity index (χ2v) is 7.76. The fourth-order valence-corrected chi connectivity index (χ4v) is 3.72. The monoisotopic (exact) mass is 394 g/mol. The summed E-state index contributed by atoms with van der Waals surface area (Å²) in [5.41, 5.74) is 2.01. The van der Waals surface area contributed by atoms with E-state index in [0.717, 1.165) is 20.6 Å². The molecule has 0 saturated heterocycles. The number of aromatic nitrogens is 3. The van der Waals surface area contributed by atoms with Gasteiger partial charge in [-0.25, -0.2) is 9.67 Å². The van der Waals surface area contributed by atoms with Crippen molar-refractivity contribution in [1.29, 1.82) is 0 Å². The van der Waals surface area contributed by atoms with Gasteiger partial charge in [0.15, 0.2) is 5.82 Å². The highest BCUT2D eigenvalue weighted by atomic mass is 35.5. The quantitative estimate of drug-likeness (QED) is 0.704. The van der Waals surface area contributed by atoms with Crippen LogP contribution in [0.2, 0.25) is 9.36 Å². The third-order valence-corrected chi connectivity index (χ3v) is 5.15. The highest BCUT2D eigenvalue weighted by Crippen LogP contribution is 2.21. The molecule has 0 saturated carbocycles. The molecule has 0 bridgehead atoms. The van der Waals surface area contributed by atoms with Gasteiger partial charge in [0.2, 0.25) is 0 Å². The van der Waals surface area contributed by atoms with Crippen molar-refractivity contribution < 1.29 is 4.79 Å². The van der Waals surface area contributed by atoms with Gasteiger partial charge in [-0.05, 0) is 50.6 Å². The second kappa shape index (κ2) is 7.56.